The van der Waals surface area contributed by atoms with Gasteiger partial charge in [0.25, 0.3) is 0 Å². The van der Waals surface area contributed by atoms with Gasteiger partial charge in [0.15, 0.2) is 5.78 Å². The minimum atomic E-state index is -0.384. The average molecular weight is 277 g/mol. The molecular weight excluding hydrogens is 263 g/mol. The Balaban J connectivity index is 2.49. The number of carbonyl (C=O) groups excluding carboxylic acids is 1. The van der Waals surface area contributed by atoms with Crippen molar-refractivity contribution in [3.05, 3.63) is 69.0 Å². The second-order valence-corrected chi connectivity index (χ2v) is 5.12. The first kappa shape index (κ1) is 13.8. The Labute approximate surface area is 117 Å². The van der Waals surface area contributed by atoms with Crippen LogP contribution in [0.1, 0.15) is 32.6 Å². The van der Waals surface area contributed by atoms with Crippen molar-refractivity contribution in [3.8, 4) is 0 Å². The smallest absolute Gasteiger partial charge is 0.194 e. The van der Waals surface area contributed by atoms with Crippen LogP contribution in [0.25, 0.3) is 0 Å². The highest BCUT2D eigenvalue weighted by molar-refractivity contribution is 6.35. The Morgan fingerprint density at radius 3 is 2.26 bits per heavy atom. The molecule has 0 amide bonds. The predicted molar refractivity (Wildman–Crippen MR) is 75.5 cm³/mol. The van der Waals surface area contributed by atoms with Crippen LogP contribution < -0.4 is 0 Å². The predicted octanol–water partition coefficient (Wildman–Crippen LogP) is 4.64. The molecule has 2 aromatic carbocycles. The average Bonchev–Trinajstić information content (AvgIpc) is 2.36. The highest BCUT2D eigenvalue weighted by Gasteiger charge is 2.15. The van der Waals surface area contributed by atoms with Crippen LogP contribution in [0.2, 0.25) is 5.02 Å². The van der Waals surface area contributed by atoms with Gasteiger partial charge in [0.2, 0.25) is 0 Å². The van der Waals surface area contributed by atoms with Crippen molar-refractivity contribution in [1.29, 1.82) is 0 Å². The van der Waals surface area contributed by atoms with Crippen LogP contribution in [0.5, 0.6) is 0 Å². The maximum absolute atomic E-state index is 13.5. The first-order valence-corrected chi connectivity index (χ1v) is 6.35. The third-order valence-electron chi connectivity index (χ3n) is 3.26. The second-order valence-electron chi connectivity index (χ2n) is 4.71. The molecule has 0 atom stereocenters. The van der Waals surface area contributed by atoms with Crippen LogP contribution in [-0.2, 0) is 0 Å². The van der Waals surface area contributed by atoms with Gasteiger partial charge in [0.1, 0.15) is 5.82 Å². The molecule has 0 unspecified atom stereocenters. The van der Waals surface area contributed by atoms with Gasteiger partial charge in [-0.1, -0.05) is 23.7 Å². The van der Waals surface area contributed by atoms with Gasteiger partial charge < -0.3 is 0 Å². The Hall–Kier alpha value is -1.67. The molecule has 0 aliphatic rings. The number of benzene rings is 2. The lowest BCUT2D eigenvalue weighted by molar-refractivity contribution is 0.103. The third-order valence-corrected chi connectivity index (χ3v) is 3.57. The number of rotatable bonds is 2. The van der Waals surface area contributed by atoms with Gasteiger partial charge >= 0.3 is 0 Å². The number of hydrogen-bond donors (Lipinski definition) is 0. The van der Waals surface area contributed by atoms with Gasteiger partial charge in [-0.05, 0) is 55.7 Å². The molecule has 0 saturated heterocycles. The van der Waals surface area contributed by atoms with E-state index in [1.165, 1.54) is 6.07 Å². The van der Waals surface area contributed by atoms with E-state index in [0.717, 1.165) is 11.1 Å². The van der Waals surface area contributed by atoms with Gasteiger partial charge in [0.05, 0.1) is 5.02 Å². The molecule has 0 aliphatic heterocycles. The number of carbonyl (C=O) groups is 1. The van der Waals surface area contributed by atoms with E-state index in [9.17, 15) is 9.18 Å². The molecule has 19 heavy (non-hydrogen) atoms. The third kappa shape index (κ3) is 2.69. The van der Waals surface area contributed by atoms with E-state index in [1.807, 2.05) is 13.8 Å². The lowest BCUT2D eigenvalue weighted by Crippen LogP contribution is -2.04. The van der Waals surface area contributed by atoms with Crippen LogP contribution >= 0.6 is 11.6 Å². The molecule has 0 aromatic heterocycles. The zero-order chi connectivity index (χ0) is 14.2. The molecule has 2 rings (SSSR count). The fourth-order valence-corrected chi connectivity index (χ4v) is 2.15. The molecule has 2 aromatic rings. The molecule has 3 heteroatoms. The summed E-state index contributed by atoms with van der Waals surface area (Å²) >= 11 is 6.10. The largest absolute Gasteiger partial charge is 0.289 e. The zero-order valence-electron chi connectivity index (χ0n) is 11.1. The van der Waals surface area contributed by atoms with Gasteiger partial charge in [-0.2, -0.15) is 0 Å². The first-order chi connectivity index (χ1) is 8.90. The minimum Gasteiger partial charge on any atom is -0.289 e. The summed E-state index contributed by atoms with van der Waals surface area (Å²) in [6, 6.07) is 7.97. The lowest BCUT2D eigenvalue weighted by atomic mass is 9.98. The van der Waals surface area contributed by atoms with E-state index >= 15 is 0 Å². The molecule has 98 valence electrons. The van der Waals surface area contributed by atoms with Gasteiger partial charge in [-0.3, -0.25) is 4.79 Å². The van der Waals surface area contributed by atoms with Crippen LogP contribution in [0.4, 0.5) is 4.39 Å². The Kier molecular flexibility index (Phi) is 3.72. The molecule has 0 bridgehead atoms. The fraction of sp³-hybridized carbons (Fsp3) is 0.188. The number of hydrogen-bond acceptors (Lipinski definition) is 1. The lowest BCUT2D eigenvalue weighted by Gasteiger charge is -2.08. The highest BCUT2D eigenvalue weighted by atomic mass is 35.5. The van der Waals surface area contributed by atoms with E-state index < -0.39 is 0 Å². The molecule has 0 spiro atoms. The Morgan fingerprint density at radius 2 is 1.63 bits per heavy atom. The highest BCUT2D eigenvalue weighted by Crippen LogP contribution is 2.24. The van der Waals surface area contributed by atoms with Crippen molar-refractivity contribution >= 4 is 17.4 Å². The summed E-state index contributed by atoms with van der Waals surface area (Å²) < 4.78 is 13.5. The fourth-order valence-electron chi connectivity index (χ4n) is 1.84. The van der Waals surface area contributed by atoms with Crippen LogP contribution in [0.3, 0.4) is 0 Å². The monoisotopic (exact) mass is 276 g/mol. The second kappa shape index (κ2) is 5.14. The molecule has 0 saturated carbocycles. The summed E-state index contributed by atoms with van der Waals surface area (Å²) in [5.74, 6) is -0.641. The van der Waals surface area contributed by atoms with Gasteiger partial charge in [-0.25, -0.2) is 4.39 Å². The van der Waals surface area contributed by atoms with E-state index in [4.69, 9.17) is 11.6 Å². The van der Waals surface area contributed by atoms with Crippen molar-refractivity contribution in [3.63, 3.8) is 0 Å². The topological polar surface area (TPSA) is 17.1 Å². The molecule has 0 radical (unpaired) electrons. The molecule has 1 nitrogen and oxygen atoms in total. The quantitative estimate of drug-likeness (QED) is 0.731. The summed E-state index contributed by atoms with van der Waals surface area (Å²) in [6.45, 7) is 5.51. The summed E-state index contributed by atoms with van der Waals surface area (Å²) in [6.07, 6.45) is 0. The number of halogens is 2. The minimum absolute atomic E-state index is 0.257. The van der Waals surface area contributed by atoms with E-state index in [-0.39, 0.29) is 11.6 Å². The standard InChI is InChI=1S/C16H14ClFO/c1-9-4-5-12(8-15(9)18)16(19)13-6-10(2)11(3)7-14(13)17/h4-8H,1-3H3. The van der Waals surface area contributed by atoms with Crippen LogP contribution in [-0.4, -0.2) is 5.78 Å². The Morgan fingerprint density at radius 1 is 1.00 bits per heavy atom. The zero-order valence-corrected chi connectivity index (χ0v) is 11.8. The number of aryl methyl sites for hydroxylation is 3. The summed E-state index contributed by atoms with van der Waals surface area (Å²) in [5.41, 5.74) is 3.25. The first-order valence-electron chi connectivity index (χ1n) is 5.97. The van der Waals surface area contributed by atoms with Crippen molar-refractivity contribution in [2.24, 2.45) is 0 Å². The van der Waals surface area contributed by atoms with E-state index in [0.29, 0.717) is 21.7 Å². The van der Waals surface area contributed by atoms with Gasteiger partial charge in [0, 0.05) is 11.1 Å². The molecule has 0 fully saturated rings. The molecular formula is C16H14ClFO. The Bertz CT molecular complexity index is 662. The van der Waals surface area contributed by atoms with E-state index in [2.05, 4.69) is 0 Å². The van der Waals surface area contributed by atoms with Crippen LogP contribution in [0, 0.1) is 26.6 Å². The van der Waals surface area contributed by atoms with Crippen molar-refractivity contribution in [2.75, 3.05) is 0 Å². The van der Waals surface area contributed by atoms with Gasteiger partial charge in [-0.15, -0.1) is 0 Å². The van der Waals surface area contributed by atoms with Crippen molar-refractivity contribution < 1.29 is 9.18 Å². The summed E-state index contributed by atoms with van der Waals surface area (Å²) in [5, 5.41) is 0.397. The maximum Gasteiger partial charge on any atom is 0.194 e. The van der Waals surface area contributed by atoms with Crippen molar-refractivity contribution in [2.45, 2.75) is 20.8 Å². The van der Waals surface area contributed by atoms with Crippen LogP contribution in [0.15, 0.2) is 30.3 Å². The summed E-state index contributed by atoms with van der Waals surface area (Å²) in [4.78, 5) is 12.3. The maximum atomic E-state index is 13.5. The molecule has 0 N–H and O–H groups in total. The van der Waals surface area contributed by atoms with Crippen molar-refractivity contribution in [1.82, 2.24) is 0 Å². The normalized spacial score (nSPS) is 10.6. The van der Waals surface area contributed by atoms with E-state index in [1.54, 1.807) is 31.2 Å². The number of ketones is 1. The summed E-state index contributed by atoms with van der Waals surface area (Å²) in [7, 11) is 0. The SMILES string of the molecule is Cc1cc(Cl)c(C(=O)c2ccc(C)c(F)c2)cc1C. The molecule has 0 heterocycles. The molecule has 0 aliphatic carbocycles.